The molecule has 2 fully saturated rings. The van der Waals surface area contributed by atoms with E-state index in [4.69, 9.17) is 4.74 Å². The highest BCUT2D eigenvalue weighted by Crippen LogP contribution is 2.48. The van der Waals surface area contributed by atoms with Crippen LogP contribution in [0.3, 0.4) is 0 Å². The molecule has 1 spiro atoms. The predicted molar refractivity (Wildman–Crippen MR) is 53.8 cm³/mol. The molecule has 74 valence electrons. The molecule has 0 saturated carbocycles. The highest BCUT2D eigenvalue weighted by Gasteiger charge is 2.54. The third-order valence-corrected chi connectivity index (χ3v) is 4.58. The van der Waals surface area contributed by atoms with E-state index in [0.717, 1.165) is 30.8 Å². The third-order valence-electron chi connectivity index (χ3n) is 3.36. The minimum atomic E-state index is -0.203. The van der Waals surface area contributed by atoms with Crippen LogP contribution in [0.1, 0.15) is 33.1 Å². The van der Waals surface area contributed by atoms with Crippen molar-refractivity contribution < 1.29 is 9.53 Å². The van der Waals surface area contributed by atoms with E-state index in [0.29, 0.717) is 0 Å². The first-order valence-corrected chi connectivity index (χ1v) is 6.07. The molecule has 0 amide bonds. The smallest absolute Gasteiger partial charge is 0.312 e. The Morgan fingerprint density at radius 3 is 2.85 bits per heavy atom. The number of hydrogen-bond donors (Lipinski definition) is 0. The Bertz CT molecular complexity index is 233. The van der Waals surface area contributed by atoms with Crippen LogP contribution >= 0.6 is 11.8 Å². The van der Waals surface area contributed by atoms with E-state index in [2.05, 4.69) is 6.92 Å². The molecule has 2 saturated heterocycles. The fourth-order valence-corrected chi connectivity index (χ4v) is 3.55. The van der Waals surface area contributed by atoms with Gasteiger partial charge in [-0.2, -0.15) is 11.8 Å². The first kappa shape index (κ1) is 9.38. The fourth-order valence-electron chi connectivity index (χ4n) is 2.22. The summed E-state index contributed by atoms with van der Waals surface area (Å²) in [4.78, 5) is 11.7. The van der Waals surface area contributed by atoms with Crippen molar-refractivity contribution in [2.75, 3.05) is 11.5 Å². The van der Waals surface area contributed by atoms with Gasteiger partial charge in [-0.15, -0.1) is 0 Å². The van der Waals surface area contributed by atoms with Gasteiger partial charge >= 0.3 is 5.97 Å². The standard InChI is InChI=1S/C10H16O2S/c1-3-9(2)6-10(12-8(9)11)4-5-13-7-10/h3-7H2,1-2H3. The van der Waals surface area contributed by atoms with Crippen molar-refractivity contribution in [3.05, 3.63) is 0 Å². The summed E-state index contributed by atoms with van der Waals surface area (Å²) in [6, 6.07) is 0. The number of ether oxygens (including phenoxy) is 1. The molecule has 0 aromatic carbocycles. The number of carbonyl (C=O) groups is 1. The highest BCUT2D eigenvalue weighted by atomic mass is 32.2. The molecule has 2 unspecified atom stereocenters. The van der Waals surface area contributed by atoms with Crippen molar-refractivity contribution in [1.82, 2.24) is 0 Å². The molecule has 0 aliphatic carbocycles. The maximum Gasteiger partial charge on any atom is 0.312 e. The van der Waals surface area contributed by atoms with E-state index in [1.165, 1.54) is 0 Å². The van der Waals surface area contributed by atoms with Gasteiger partial charge in [-0.1, -0.05) is 6.92 Å². The molecule has 2 aliphatic heterocycles. The number of hydrogen-bond acceptors (Lipinski definition) is 3. The van der Waals surface area contributed by atoms with Gasteiger partial charge in [-0.3, -0.25) is 4.79 Å². The summed E-state index contributed by atoms with van der Waals surface area (Å²) < 4.78 is 5.56. The van der Waals surface area contributed by atoms with Gasteiger partial charge in [0.1, 0.15) is 5.60 Å². The summed E-state index contributed by atoms with van der Waals surface area (Å²) in [6.07, 6.45) is 2.89. The Kier molecular flexibility index (Phi) is 2.10. The average molecular weight is 200 g/mol. The number of esters is 1. The van der Waals surface area contributed by atoms with Crippen LogP contribution in [0.25, 0.3) is 0 Å². The maximum absolute atomic E-state index is 11.7. The van der Waals surface area contributed by atoms with Crippen molar-refractivity contribution in [1.29, 1.82) is 0 Å². The SMILES string of the molecule is CCC1(C)CC2(CCSC2)OC1=O. The second-order valence-corrected chi connectivity index (χ2v) is 5.57. The van der Waals surface area contributed by atoms with Gasteiger partial charge in [-0.25, -0.2) is 0 Å². The lowest BCUT2D eigenvalue weighted by Gasteiger charge is -2.21. The van der Waals surface area contributed by atoms with Crippen LogP contribution < -0.4 is 0 Å². The lowest BCUT2D eigenvalue weighted by molar-refractivity contribution is -0.152. The van der Waals surface area contributed by atoms with Crippen LogP contribution in [0.15, 0.2) is 0 Å². The predicted octanol–water partition coefficient (Wildman–Crippen LogP) is 2.23. The summed E-state index contributed by atoms with van der Waals surface area (Å²) in [5.74, 6) is 2.18. The number of carbonyl (C=O) groups excluding carboxylic acids is 1. The third kappa shape index (κ3) is 1.37. The zero-order chi connectivity index (χ0) is 9.53. The Hall–Kier alpha value is -0.180. The summed E-state index contributed by atoms with van der Waals surface area (Å²) in [6.45, 7) is 4.11. The van der Waals surface area contributed by atoms with Crippen molar-refractivity contribution >= 4 is 17.7 Å². The minimum absolute atomic E-state index is 0.0255. The van der Waals surface area contributed by atoms with Crippen LogP contribution in [0.4, 0.5) is 0 Å². The van der Waals surface area contributed by atoms with Crippen molar-refractivity contribution in [2.45, 2.75) is 38.7 Å². The monoisotopic (exact) mass is 200 g/mol. The molecule has 0 aromatic rings. The van der Waals surface area contributed by atoms with Gasteiger partial charge < -0.3 is 4.74 Å². The van der Waals surface area contributed by atoms with Crippen molar-refractivity contribution in [3.8, 4) is 0 Å². The van der Waals surface area contributed by atoms with E-state index < -0.39 is 0 Å². The van der Waals surface area contributed by atoms with Gasteiger partial charge in [0.05, 0.1) is 5.41 Å². The zero-order valence-corrected chi connectivity index (χ0v) is 9.08. The molecule has 3 heteroatoms. The van der Waals surface area contributed by atoms with E-state index in [9.17, 15) is 4.79 Å². The Balaban J connectivity index is 2.18. The van der Waals surface area contributed by atoms with E-state index in [1.54, 1.807) is 0 Å². The molecular formula is C10H16O2S. The van der Waals surface area contributed by atoms with Crippen LogP contribution in [0.2, 0.25) is 0 Å². The first-order valence-electron chi connectivity index (χ1n) is 4.91. The molecule has 2 rings (SSSR count). The average Bonchev–Trinajstić information content (AvgIpc) is 2.61. The summed E-state index contributed by atoms with van der Waals surface area (Å²) in [7, 11) is 0. The van der Waals surface area contributed by atoms with Crippen LogP contribution in [0, 0.1) is 5.41 Å². The lowest BCUT2D eigenvalue weighted by atomic mass is 9.80. The normalized spacial score (nSPS) is 44.3. The van der Waals surface area contributed by atoms with Gasteiger partial charge in [-0.05, 0) is 25.5 Å². The minimum Gasteiger partial charge on any atom is -0.458 e. The molecule has 2 nitrogen and oxygen atoms in total. The second-order valence-electron chi connectivity index (χ2n) is 4.47. The Morgan fingerprint density at radius 2 is 2.38 bits per heavy atom. The second kappa shape index (κ2) is 2.91. The quantitative estimate of drug-likeness (QED) is 0.607. The summed E-state index contributed by atoms with van der Waals surface area (Å²) in [5, 5.41) is 0. The Morgan fingerprint density at radius 1 is 1.62 bits per heavy atom. The van der Waals surface area contributed by atoms with Gasteiger partial charge in [0.15, 0.2) is 0 Å². The molecule has 2 aliphatic rings. The Labute approximate surface area is 83.4 Å². The van der Waals surface area contributed by atoms with E-state index in [-0.39, 0.29) is 17.0 Å². The van der Waals surface area contributed by atoms with Crippen LogP contribution in [-0.2, 0) is 9.53 Å². The largest absolute Gasteiger partial charge is 0.458 e. The molecule has 0 bridgehead atoms. The maximum atomic E-state index is 11.7. The van der Waals surface area contributed by atoms with E-state index in [1.807, 2.05) is 18.7 Å². The van der Waals surface area contributed by atoms with Gasteiger partial charge in [0.25, 0.3) is 0 Å². The van der Waals surface area contributed by atoms with E-state index >= 15 is 0 Å². The number of thioether (sulfide) groups is 1. The molecule has 0 N–H and O–H groups in total. The van der Waals surface area contributed by atoms with Crippen molar-refractivity contribution in [3.63, 3.8) is 0 Å². The van der Waals surface area contributed by atoms with Crippen LogP contribution in [-0.4, -0.2) is 23.1 Å². The van der Waals surface area contributed by atoms with Crippen molar-refractivity contribution in [2.24, 2.45) is 5.41 Å². The lowest BCUT2D eigenvalue weighted by Crippen LogP contribution is -2.28. The van der Waals surface area contributed by atoms with Crippen LogP contribution in [0.5, 0.6) is 0 Å². The summed E-state index contributed by atoms with van der Waals surface area (Å²) in [5.41, 5.74) is -0.294. The number of rotatable bonds is 1. The van der Waals surface area contributed by atoms with Gasteiger partial charge in [0.2, 0.25) is 0 Å². The first-order chi connectivity index (χ1) is 6.10. The molecule has 13 heavy (non-hydrogen) atoms. The highest BCUT2D eigenvalue weighted by molar-refractivity contribution is 7.99. The summed E-state index contributed by atoms with van der Waals surface area (Å²) >= 11 is 1.91. The molecule has 2 heterocycles. The van der Waals surface area contributed by atoms with Gasteiger partial charge in [0, 0.05) is 12.2 Å². The molecule has 0 aromatic heterocycles. The molecule has 0 radical (unpaired) electrons. The zero-order valence-electron chi connectivity index (χ0n) is 8.26. The molecular weight excluding hydrogens is 184 g/mol. The topological polar surface area (TPSA) is 26.3 Å². The molecule has 2 atom stereocenters. The fraction of sp³-hybridized carbons (Fsp3) is 0.900.